The second-order valence-corrected chi connectivity index (χ2v) is 5.51. The molecule has 1 aromatic rings. The highest BCUT2D eigenvalue weighted by Gasteiger charge is 2.16. The summed E-state index contributed by atoms with van der Waals surface area (Å²) in [5, 5.41) is 10.1. The Hall–Kier alpha value is -1.10. The van der Waals surface area contributed by atoms with Gasteiger partial charge in [-0.1, -0.05) is 17.7 Å². The van der Waals surface area contributed by atoms with Crippen molar-refractivity contribution in [2.45, 2.75) is 32.0 Å². The molecule has 1 saturated heterocycles. The Labute approximate surface area is 121 Å². The molecule has 0 aromatic heterocycles. The van der Waals surface area contributed by atoms with E-state index in [9.17, 15) is 5.11 Å². The molecule has 4 nitrogen and oxygen atoms in total. The van der Waals surface area contributed by atoms with Crippen molar-refractivity contribution >= 4 is 5.69 Å². The SMILES string of the molecule is Cc1ccc(N(C)CC(O)COC2CCOCC2)cc1. The summed E-state index contributed by atoms with van der Waals surface area (Å²) in [6, 6.07) is 8.30. The average Bonchev–Trinajstić information content (AvgIpc) is 2.47. The van der Waals surface area contributed by atoms with Crippen LogP contribution in [0.1, 0.15) is 18.4 Å². The summed E-state index contributed by atoms with van der Waals surface area (Å²) in [5.41, 5.74) is 2.35. The minimum atomic E-state index is -0.468. The fraction of sp³-hybridized carbons (Fsp3) is 0.625. The van der Waals surface area contributed by atoms with Gasteiger partial charge in [0.05, 0.1) is 18.8 Å². The standard InChI is InChI=1S/C16H25NO3/c1-13-3-5-14(6-4-13)17(2)11-15(18)12-20-16-7-9-19-10-8-16/h3-6,15-16,18H,7-12H2,1-2H3. The maximum Gasteiger partial charge on any atom is 0.0948 e. The number of hydrogen-bond acceptors (Lipinski definition) is 4. The summed E-state index contributed by atoms with van der Waals surface area (Å²) in [6.45, 7) is 4.57. The molecule has 0 aliphatic carbocycles. The molecular weight excluding hydrogens is 254 g/mol. The Morgan fingerprint density at radius 2 is 1.95 bits per heavy atom. The fourth-order valence-electron chi connectivity index (χ4n) is 2.36. The van der Waals surface area contributed by atoms with Crippen LogP contribution in [0.15, 0.2) is 24.3 Å². The van der Waals surface area contributed by atoms with Gasteiger partial charge in [-0.05, 0) is 31.9 Å². The topological polar surface area (TPSA) is 41.9 Å². The van der Waals surface area contributed by atoms with Crippen LogP contribution in [0.3, 0.4) is 0 Å². The van der Waals surface area contributed by atoms with Crippen LogP contribution in [0.2, 0.25) is 0 Å². The molecule has 4 heteroatoms. The lowest BCUT2D eigenvalue weighted by molar-refractivity contribution is -0.0573. The van der Waals surface area contributed by atoms with E-state index in [1.807, 2.05) is 7.05 Å². The minimum absolute atomic E-state index is 0.239. The predicted octanol–water partition coefficient (Wildman–Crippen LogP) is 1.99. The van der Waals surface area contributed by atoms with E-state index < -0.39 is 6.10 Å². The third-order valence-electron chi connectivity index (χ3n) is 3.65. The predicted molar refractivity (Wildman–Crippen MR) is 80.2 cm³/mol. The van der Waals surface area contributed by atoms with Crippen molar-refractivity contribution in [3.8, 4) is 0 Å². The highest BCUT2D eigenvalue weighted by atomic mass is 16.5. The van der Waals surface area contributed by atoms with Gasteiger partial charge in [0.2, 0.25) is 0 Å². The first-order chi connectivity index (χ1) is 9.65. The summed E-state index contributed by atoms with van der Waals surface area (Å²) in [5.74, 6) is 0. The first kappa shape index (κ1) is 15.3. The van der Waals surface area contributed by atoms with E-state index in [4.69, 9.17) is 9.47 Å². The maximum absolute atomic E-state index is 10.1. The molecule has 1 fully saturated rings. The van der Waals surface area contributed by atoms with Gasteiger partial charge >= 0.3 is 0 Å². The molecule has 1 unspecified atom stereocenters. The van der Waals surface area contributed by atoms with Crippen LogP contribution in [0.5, 0.6) is 0 Å². The van der Waals surface area contributed by atoms with Crippen molar-refractivity contribution < 1.29 is 14.6 Å². The monoisotopic (exact) mass is 279 g/mol. The number of benzene rings is 1. The smallest absolute Gasteiger partial charge is 0.0948 e. The number of nitrogens with zero attached hydrogens (tertiary/aromatic N) is 1. The second-order valence-electron chi connectivity index (χ2n) is 5.51. The van der Waals surface area contributed by atoms with Crippen molar-refractivity contribution in [2.75, 3.05) is 38.3 Å². The number of hydrogen-bond donors (Lipinski definition) is 1. The molecule has 1 aromatic carbocycles. The van der Waals surface area contributed by atoms with E-state index in [-0.39, 0.29) is 6.10 Å². The summed E-state index contributed by atoms with van der Waals surface area (Å²) >= 11 is 0. The van der Waals surface area contributed by atoms with Crippen LogP contribution in [0.4, 0.5) is 5.69 Å². The van der Waals surface area contributed by atoms with E-state index >= 15 is 0 Å². The zero-order valence-electron chi connectivity index (χ0n) is 12.4. The molecule has 1 aliphatic rings. The molecule has 0 saturated carbocycles. The van der Waals surface area contributed by atoms with Gasteiger partial charge in [-0.25, -0.2) is 0 Å². The van der Waals surface area contributed by atoms with Crippen LogP contribution in [0.25, 0.3) is 0 Å². The fourth-order valence-corrected chi connectivity index (χ4v) is 2.36. The van der Waals surface area contributed by atoms with Crippen LogP contribution in [-0.2, 0) is 9.47 Å². The lowest BCUT2D eigenvalue weighted by Gasteiger charge is -2.26. The molecule has 0 radical (unpaired) electrons. The summed E-state index contributed by atoms with van der Waals surface area (Å²) in [6.07, 6.45) is 1.63. The van der Waals surface area contributed by atoms with E-state index in [0.717, 1.165) is 31.7 Å². The van der Waals surface area contributed by atoms with Gasteiger partial charge in [-0.2, -0.15) is 0 Å². The van der Waals surface area contributed by atoms with Gasteiger partial charge in [0, 0.05) is 32.5 Å². The largest absolute Gasteiger partial charge is 0.389 e. The van der Waals surface area contributed by atoms with E-state index in [2.05, 4.69) is 36.1 Å². The van der Waals surface area contributed by atoms with Crippen LogP contribution < -0.4 is 4.90 Å². The van der Waals surface area contributed by atoms with Crippen molar-refractivity contribution in [1.29, 1.82) is 0 Å². The molecule has 1 heterocycles. The molecule has 1 aliphatic heterocycles. The lowest BCUT2D eigenvalue weighted by Crippen LogP contribution is -2.34. The molecule has 1 atom stereocenters. The molecule has 0 spiro atoms. The number of ether oxygens (including phenoxy) is 2. The first-order valence-corrected chi connectivity index (χ1v) is 7.30. The number of aliphatic hydroxyl groups excluding tert-OH is 1. The third-order valence-corrected chi connectivity index (χ3v) is 3.65. The number of likely N-dealkylation sites (N-methyl/N-ethyl adjacent to an activating group) is 1. The van der Waals surface area contributed by atoms with Crippen LogP contribution >= 0.6 is 0 Å². The molecule has 112 valence electrons. The normalized spacial score (nSPS) is 17.9. The molecule has 1 N–H and O–H groups in total. The first-order valence-electron chi connectivity index (χ1n) is 7.30. The average molecular weight is 279 g/mol. The van der Waals surface area contributed by atoms with E-state index in [1.54, 1.807) is 0 Å². The van der Waals surface area contributed by atoms with E-state index in [0.29, 0.717) is 13.2 Å². The Balaban J connectivity index is 1.72. The van der Waals surface area contributed by atoms with Gasteiger partial charge in [0.1, 0.15) is 0 Å². The number of aliphatic hydroxyl groups is 1. The maximum atomic E-state index is 10.1. The van der Waals surface area contributed by atoms with Crippen LogP contribution in [-0.4, -0.2) is 50.7 Å². The van der Waals surface area contributed by atoms with Gasteiger partial charge in [0.15, 0.2) is 0 Å². The molecule has 0 bridgehead atoms. The molecule has 0 amide bonds. The van der Waals surface area contributed by atoms with Crippen molar-refractivity contribution in [1.82, 2.24) is 0 Å². The third kappa shape index (κ3) is 4.78. The quantitative estimate of drug-likeness (QED) is 0.864. The summed E-state index contributed by atoms with van der Waals surface area (Å²) < 4.78 is 11.0. The molecular formula is C16H25NO3. The number of rotatable bonds is 6. The highest BCUT2D eigenvalue weighted by Crippen LogP contribution is 2.14. The number of aryl methyl sites for hydroxylation is 1. The zero-order valence-corrected chi connectivity index (χ0v) is 12.4. The Kier molecular flexibility index (Phi) is 5.83. The van der Waals surface area contributed by atoms with E-state index in [1.165, 1.54) is 5.56 Å². The zero-order chi connectivity index (χ0) is 14.4. The Bertz CT molecular complexity index is 387. The van der Waals surface area contributed by atoms with Gasteiger partial charge < -0.3 is 19.5 Å². The highest BCUT2D eigenvalue weighted by molar-refractivity contribution is 5.46. The minimum Gasteiger partial charge on any atom is -0.389 e. The Morgan fingerprint density at radius 3 is 2.60 bits per heavy atom. The van der Waals surface area contributed by atoms with Gasteiger partial charge in [0.25, 0.3) is 0 Å². The van der Waals surface area contributed by atoms with Gasteiger partial charge in [-0.3, -0.25) is 0 Å². The molecule has 2 rings (SSSR count). The Morgan fingerprint density at radius 1 is 1.30 bits per heavy atom. The number of anilines is 1. The second kappa shape index (κ2) is 7.62. The summed E-state index contributed by atoms with van der Waals surface area (Å²) in [4.78, 5) is 2.05. The summed E-state index contributed by atoms with van der Waals surface area (Å²) in [7, 11) is 1.99. The lowest BCUT2D eigenvalue weighted by atomic mass is 10.1. The van der Waals surface area contributed by atoms with Gasteiger partial charge in [-0.15, -0.1) is 0 Å². The van der Waals surface area contributed by atoms with Crippen molar-refractivity contribution in [3.63, 3.8) is 0 Å². The molecule has 20 heavy (non-hydrogen) atoms. The van der Waals surface area contributed by atoms with Crippen molar-refractivity contribution in [2.24, 2.45) is 0 Å². The van der Waals surface area contributed by atoms with Crippen LogP contribution in [0, 0.1) is 6.92 Å². The van der Waals surface area contributed by atoms with Crippen molar-refractivity contribution in [3.05, 3.63) is 29.8 Å².